The number of carbonyl (C=O) groups excluding carboxylic acids is 1. The lowest BCUT2D eigenvalue weighted by molar-refractivity contribution is 0.0764. The van der Waals surface area contributed by atoms with Crippen molar-refractivity contribution in [3.63, 3.8) is 0 Å². The second kappa shape index (κ2) is 6.75. The van der Waals surface area contributed by atoms with Gasteiger partial charge in [0.1, 0.15) is 12.4 Å². The third kappa shape index (κ3) is 4.26. The third-order valence-electron chi connectivity index (χ3n) is 2.61. The molecule has 98 valence electrons. The van der Waals surface area contributed by atoms with Gasteiger partial charge in [0.05, 0.1) is 6.61 Å². The Kier molecular flexibility index (Phi) is 4.75. The molecule has 1 aromatic carbocycles. The first-order valence-electron chi connectivity index (χ1n) is 6.02. The molecule has 1 aromatic heterocycles. The molecule has 19 heavy (non-hydrogen) atoms. The highest BCUT2D eigenvalue weighted by molar-refractivity contribution is 5.97. The van der Waals surface area contributed by atoms with E-state index in [1.807, 2.05) is 18.2 Å². The van der Waals surface area contributed by atoms with E-state index in [9.17, 15) is 9.18 Å². The van der Waals surface area contributed by atoms with Gasteiger partial charge in [0.15, 0.2) is 5.78 Å². The SMILES string of the molecule is O=C(COCCc1ccccn1)c1cccc(F)c1. The Morgan fingerprint density at radius 1 is 1.21 bits per heavy atom. The van der Waals surface area contributed by atoms with E-state index in [0.717, 1.165) is 5.69 Å². The Bertz CT molecular complexity index is 543. The highest BCUT2D eigenvalue weighted by Gasteiger charge is 2.06. The molecule has 0 aliphatic rings. The maximum atomic E-state index is 12.9. The summed E-state index contributed by atoms with van der Waals surface area (Å²) in [7, 11) is 0. The van der Waals surface area contributed by atoms with Crippen molar-refractivity contribution in [1.29, 1.82) is 0 Å². The number of pyridine rings is 1. The van der Waals surface area contributed by atoms with E-state index in [-0.39, 0.29) is 12.4 Å². The monoisotopic (exact) mass is 259 g/mol. The van der Waals surface area contributed by atoms with Crippen LogP contribution >= 0.6 is 0 Å². The Labute approximate surface area is 111 Å². The first kappa shape index (κ1) is 13.4. The summed E-state index contributed by atoms with van der Waals surface area (Å²) in [5.41, 5.74) is 1.25. The molecule has 0 fully saturated rings. The van der Waals surface area contributed by atoms with E-state index < -0.39 is 5.82 Å². The molecule has 3 nitrogen and oxygen atoms in total. The van der Waals surface area contributed by atoms with Gasteiger partial charge in [-0.05, 0) is 24.3 Å². The van der Waals surface area contributed by atoms with Crippen LogP contribution in [0.1, 0.15) is 16.1 Å². The summed E-state index contributed by atoms with van der Waals surface area (Å²) < 4.78 is 18.2. The van der Waals surface area contributed by atoms with E-state index in [1.165, 1.54) is 18.2 Å². The number of hydrogen-bond donors (Lipinski definition) is 0. The van der Waals surface area contributed by atoms with Gasteiger partial charge in [-0.25, -0.2) is 4.39 Å². The number of halogens is 1. The van der Waals surface area contributed by atoms with E-state index in [1.54, 1.807) is 12.3 Å². The van der Waals surface area contributed by atoms with Crippen LogP contribution in [-0.4, -0.2) is 24.0 Å². The summed E-state index contributed by atoms with van der Waals surface area (Å²) in [6.45, 7) is 0.369. The zero-order chi connectivity index (χ0) is 13.5. The van der Waals surface area contributed by atoms with Gasteiger partial charge >= 0.3 is 0 Å². The Hall–Kier alpha value is -2.07. The van der Waals surface area contributed by atoms with Gasteiger partial charge in [0, 0.05) is 23.9 Å². The first-order valence-corrected chi connectivity index (χ1v) is 6.02. The molecule has 0 N–H and O–H groups in total. The summed E-state index contributed by atoms with van der Waals surface area (Å²) in [5, 5.41) is 0. The van der Waals surface area contributed by atoms with Crippen molar-refractivity contribution in [3.8, 4) is 0 Å². The zero-order valence-corrected chi connectivity index (χ0v) is 10.4. The van der Waals surface area contributed by atoms with E-state index in [4.69, 9.17) is 4.74 Å². The standard InChI is InChI=1S/C15H14FNO2/c16-13-5-3-4-12(10-13)15(18)11-19-9-7-14-6-1-2-8-17-14/h1-6,8,10H,7,9,11H2. The molecule has 4 heteroatoms. The van der Waals surface area contributed by atoms with Crippen LogP contribution in [0.4, 0.5) is 4.39 Å². The average molecular weight is 259 g/mol. The van der Waals surface area contributed by atoms with Crippen LogP contribution in [-0.2, 0) is 11.2 Å². The van der Waals surface area contributed by atoms with Crippen LogP contribution in [0, 0.1) is 5.82 Å². The largest absolute Gasteiger partial charge is 0.373 e. The van der Waals surface area contributed by atoms with Gasteiger partial charge in [-0.1, -0.05) is 18.2 Å². The van der Waals surface area contributed by atoms with Gasteiger partial charge in [0.25, 0.3) is 0 Å². The van der Waals surface area contributed by atoms with Gasteiger partial charge in [0.2, 0.25) is 0 Å². The summed E-state index contributed by atoms with van der Waals surface area (Å²) >= 11 is 0. The minimum absolute atomic E-state index is 0.0454. The van der Waals surface area contributed by atoms with Gasteiger partial charge in [-0.15, -0.1) is 0 Å². The number of benzene rings is 1. The van der Waals surface area contributed by atoms with Crippen LogP contribution < -0.4 is 0 Å². The number of carbonyl (C=O) groups is 1. The number of rotatable bonds is 6. The third-order valence-corrected chi connectivity index (χ3v) is 2.61. The van der Waals surface area contributed by atoms with Crippen molar-refractivity contribution in [2.75, 3.05) is 13.2 Å². The van der Waals surface area contributed by atoms with E-state index >= 15 is 0 Å². The Balaban J connectivity index is 1.75. The summed E-state index contributed by atoms with van der Waals surface area (Å²) in [6.07, 6.45) is 2.37. The van der Waals surface area contributed by atoms with Crippen molar-refractivity contribution in [1.82, 2.24) is 4.98 Å². The van der Waals surface area contributed by atoms with Crippen molar-refractivity contribution in [3.05, 3.63) is 65.7 Å². The maximum absolute atomic E-state index is 12.9. The molecule has 1 heterocycles. The molecule has 0 atom stereocenters. The summed E-state index contributed by atoms with van der Waals surface area (Å²) in [6, 6.07) is 11.3. The van der Waals surface area contributed by atoms with Crippen LogP contribution in [0.5, 0.6) is 0 Å². The fourth-order valence-electron chi connectivity index (χ4n) is 1.63. The normalized spacial score (nSPS) is 10.4. The quantitative estimate of drug-likeness (QED) is 0.591. The molecule has 0 amide bonds. The number of ether oxygens (including phenoxy) is 1. The van der Waals surface area contributed by atoms with Gasteiger partial charge in [-0.3, -0.25) is 9.78 Å². The molecule has 0 radical (unpaired) electrons. The van der Waals surface area contributed by atoms with Crippen LogP contribution in [0.15, 0.2) is 48.7 Å². The van der Waals surface area contributed by atoms with Crippen molar-refractivity contribution in [2.24, 2.45) is 0 Å². The fraction of sp³-hybridized carbons (Fsp3) is 0.200. The van der Waals surface area contributed by atoms with Crippen molar-refractivity contribution >= 4 is 5.78 Å². The molecular formula is C15H14FNO2. The first-order chi connectivity index (χ1) is 9.25. The van der Waals surface area contributed by atoms with E-state index in [2.05, 4.69) is 4.98 Å². The number of nitrogens with zero attached hydrogens (tertiary/aromatic N) is 1. The molecule has 0 aliphatic carbocycles. The topological polar surface area (TPSA) is 39.2 Å². The summed E-state index contributed by atoms with van der Waals surface area (Å²) in [4.78, 5) is 15.9. The lowest BCUT2D eigenvalue weighted by Gasteiger charge is -2.04. The van der Waals surface area contributed by atoms with Gasteiger partial charge in [-0.2, -0.15) is 0 Å². The second-order valence-corrected chi connectivity index (χ2v) is 4.06. The lowest BCUT2D eigenvalue weighted by Crippen LogP contribution is -2.11. The number of Topliss-reactive ketones (excluding diaryl/α,β-unsaturated/α-hetero) is 1. The smallest absolute Gasteiger partial charge is 0.188 e. The Morgan fingerprint density at radius 3 is 2.84 bits per heavy atom. The molecule has 0 aliphatic heterocycles. The molecule has 2 rings (SSSR count). The van der Waals surface area contributed by atoms with E-state index in [0.29, 0.717) is 18.6 Å². The molecular weight excluding hydrogens is 245 g/mol. The number of ketones is 1. The highest BCUT2D eigenvalue weighted by Crippen LogP contribution is 2.05. The predicted octanol–water partition coefficient (Wildman–Crippen LogP) is 2.66. The lowest BCUT2D eigenvalue weighted by atomic mass is 10.1. The molecule has 0 spiro atoms. The number of aromatic nitrogens is 1. The molecule has 2 aromatic rings. The minimum Gasteiger partial charge on any atom is -0.373 e. The minimum atomic E-state index is -0.417. The van der Waals surface area contributed by atoms with Crippen LogP contribution in [0.25, 0.3) is 0 Å². The zero-order valence-electron chi connectivity index (χ0n) is 10.4. The Morgan fingerprint density at radius 2 is 2.11 bits per heavy atom. The van der Waals surface area contributed by atoms with Crippen molar-refractivity contribution < 1.29 is 13.9 Å². The molecule has 0 unspecified atom stereocenters. The average Bonchev–Trinajstić information content (AvgIpc) is 2.44. The van der Waals surface area contributed by atoms with Crippen molar-refractivity contribution in [2.45, 2.75) is 6.42 Å². The number of hydrogen-bond acceptors (Lipinski definition) is 3. The summed E-state index contributed by atoms with van der Waals surface area (Å²) in [5.74, 6) is -0.639. The van der Waals surface area contributed by atoms with Gasteiger partial charge < -0.3 is 4.74 Å². The fourth-order valence-corrected chi connectivity index (χ4v) is 1.63. The van der Waals surface area contributed by atoms with Crippen LogP contribution in [0.3, 0.4) is 0 Å². The predicted molar refractivity (Wildman–Crippen MR) is 69.5 cm³/mol. The molecule has 0 saturated heterocycles. The maximum Gasteiger partial charge on any atom is 0.188 e. The molecule has 0 bridgehead atoms. The molecule has 0 saturated carbocycles. The van der Waals surface area contributed by atoms with Crippen LogP contribution in [0.2, 0.25) is 0 Å². The second-order valence-electron chi connectivity index (χ2n) is 4.06. The highest BCUT2D eigenvalue weighted by atomic mass is 19.1.